The van der Waals surface area contributed by atoms with Gasteiger partial charge >= 0.3 is 0 Å². The van der Waals surface area contributed by atoms with Gasteiger partial charge in [0.15, 0.2) is 0 Å². The first-order valence-electron chi connectivity index (χ1n) is 9.42. The molecule has 0 saturated carbocycles. The predicted molar refractivity (Wildman–Crippen MR) is 109 cm³/mol. The van der Waals surface area contributed by atoms with E-state index in [1.54, 1.807) is 0 Å². The van der Waals surface area contributed by atoms with E-state index in [1.807, 2.05) is 0 Å². The number of fused-ring (bicyclic) bond motifs is 1. The zero-order chi connectivity index (χ0) is 17.5. The number of hydrogen-bond donors (Lipinski definition) is 0. The van der Waals surface area contributed by atoms with Crippen molar-refractivity contribution in [1.82, 2.24) is 0 Å². The molecule has 0 nitrogen and oxygen atoms in total. The van der Waals surface area contributed by atoms with E-state index >= 15 is 0 Å². The molecule has 0 radical (unpaired) electrons. The van der Waals surface area contributed by atoms with Crippen LogP contribution in [0.15, 0.2) is 60.7 Å². The number of unbranched alkanes of at least 4 members (excludes halogenated alkanes) is 1. The number of hydrogen-bond acceptors (Lipinski definition) is 0. The molecule has 3 rings (SSSR count). The van der Waals surface area contributed by atoms with Gasteiger partial charge in [-0.1, -0.05) is 74.9 Å². The SMILES string of the molecule is CCCCc1ccc(C#Cc2ccc3cc(CCC)ccc3c2)cc1. The molecule has 0 fully saturated rings. The quantitative estimate of drug-likeness (QED) is 0.467. The number of benzene rings is 3. The summed E-state index contributed by atoms with van der Waals surface area (Å²) in [6.07, 6.45) is 5.98. The van der Waals surface area contributed by atoms with Crippen molar-refractivity contribution in [2.24, 2.45) is 0 Å². The molecule has 25 heavy (non-hydrogen) atoms. The molecule has 0 N–H and O–H groups in total. The Bertz CT molecular complexity index is 889. The first-order chi connectivity index (χ1) is 12.3. The highest BCUT2D eigenvalue weighted by molar-refractivity contribution is 5.84. The van der Waals surface area contributed by atoms with Crippen LogP contribution in [-0.4, -0.2) is 0 Å². The van der Waals surface area contributed by atoms with Crippen molar-refractivity contribution < 1.29 is 0 Å². The van der Waals surface area contributed by atoms with Gasteiger partial charge in [-0.2, -0.15) is 0 Å². The van der Waals surface area contributed by atoms with Gasteiger partial charge in [-0.15, -0.1) is 0 Å². The maximum Gasteiger partial charge on any atom is 0.0255 e. The minimum Gasteiger partial charge on any atom is -0.0654 e. The highest BCUT2D eigenvalue weighted by Crippen LogP contribution is 2.18. The molecular weight excluding hydrogens is 300 g/mol. The highest BCUT2D eigenvalue weighted by Gasteiger charge is 1.98. The maximum atomic E-state index is 3.31. The molecule has 0 atom stereocenters. The predicted octanol–water partition coefficient (Wildman–Crippen LogP) is 6.53. The van der Waals surface area contributed by atoms with E-state index in [2.05, 4.69) is 86.4 Å². The number of rotatable bonds is 5. The first kappa shape index (κ1) is 17.3. The normalized spacial score (nSPS) is 10.5. The molecule has 126 valence electrons. The third kappa shape index (κ3) is 4.74. The second-order valence-corrected chi connectivity index (χ2v) is 6.70. The Balaban J connectivity index is 1.76. The van der Waals surface area contributed by atoms with E-state index in [0.717, 1.165) is 24.0 Å². The van der Waals surface area contributed by atoms with E-state index in [0.29, 0.717) is 0 Å². The Kier molecular flexibility index (Phi) is 5.91. The lowest BCUT2D eigenvalue weighted by atomic mass is 10.0. The van der Waals surface area contributed by atoms with Crippen LogP contribution < -0.4 is 0 Å². The number of aryl methyl sites for hydroxylation is 2. The topological polar surface area (TPSA) is 0 Å². The van der Waals surface area contributed by atoms with Crippen molar-refractivity contribution in [3.05, 3.63) is 82.9 Å². The third-order valence-electron chi connectivity index (χ3n) is 4.57. The Hall–Kier alpha value is -2.52. The van der Waals surface area contributed by atoms with Gasteiger partial charge in [0.1, 0.15) is 0 Å². The molecular formula is C25H26. The van der Waals surface area contributed by atoms with Crippen LogP contribution in [0.2, 0.25) is 0 Å². The van der Waals surface area contributed by atoms with Gasteiger partial charge in [0.05, 0.1) is 0 Å². The van der Waals surface area contributed by atoms with E-state index in [9.17, 15) is 0 Å². The smallest absolute Gasteiger partial charge is 0.0255 e. The second-order valence-electron chi connectivity index (χ2n) is 6.70. The van der Waals surface area contributed by atoms with Crippen LogP contribution in [-0.2, 0) is 12.8 Å². The first-order valence-corrected chi connectivity index (χ1v) is 9.42. The van der Waals surface area contributed by atoms with Crippen molar-refractivity contribution in [2.45, 2.75) is 46.0 Å². The van der Waals surface area contributed by atoms with Crippen molar-refractivity contribution >= 4 is 10.8 Å². The van der Waals surface area contributed by atoms with Crippen LogP contribution in [0.25, 0.3) is 10.8 Å². The van der Waals surface area contributed by atoms with E-state index < -0.39 is 0 Å². The van der Waals surface area contributed by atoms with E-state index in [-0.39, 0.29) is 0 Å². The molecule has 0 bridgehead atoms. The molecule has 0 aliphatic rings. The minimum atomic E-state index is 1.07. The minimum absolute atomic E-state index is 1.07. The maximum absolute atomic E-state index is 3.31. The standard InChI is InChI=1S/C25H26/c1-3-5-7-20-8-10-21(11-9-20)12-13-23-15-17-24-18-22(6-4-2)14-16-25(24)19-23/h8-11,14-19H,3-7H2,1-2H3. The highest BCUT2D eigenvalue weighted by atomic mass is 14.0. The summed E-state index contributed by atoms with van der Waals surface area (Å²) in [6, 6.07) is 21.9. The lowest BCUT2D eigenvalue weighted by Gasteiger charge is -2.03. The van der Waals surface area contributed by atoms with Crippen molar-refractivity contribution in [3.63, 3.8) is 0 Å². The summed E-state index contributed by atoms with van der Waals surface area (Å²) in [5.74, 6) is 6.60. The van der Waals surface area contributed by atoms with Gasteiger partial charge in [-0.25, -0.2) is 0 Å². The second kappa shape index (κ2) is 8.54. The Labute approximate surface area is 151 Å². The summed E-state index contributed by atoms with van der Waals surface area (Å²) in [5, 5.41) is 2.57. The molecule has 0 unspecified atom stereocenters. The molecule has 3 aromatic rings. The van der Waals surface area contributed by atoms with Gasteiger partial charge in [0.2, 0.25) is 0 Å². The zero-order valence-corrected chi connectivity index (χ0v) is 15.3. The van der Waals surface area contributed by atoms with Gasteiger partial charge in [0, 0.05) is 11.1 Å². The summed E-state index contributed by atoms with van der Waals surface area (Å²) >= 11 is 0. The zero-order valence-electron chi connectivity index (χ0n) is 15.3. The molecule has 0 amide bonds. The van der Waals surface area contributed by atoms with Crippen LogP contribution in [0.5, 0.6) is 0 Å². The van der Waals surface area contributed by atoms with E-state index in [4.69, 9.17) is 0 Å². The van der Waals surface area contributed by atoms with Crippen molar-refractivity contribution in [3.8, 4) is 11.8 Å². The van der Waals surface area contributed by atoms with Gasteiger partial charge in [0.25, 0.3) is 0 Å². The van der Waals surface area contributed by atoms with Gasteiger partial charge in [-0.3, -0.25) is 0 Å². The third-order valence-corrected chi connectivity index (χ3v) is 4.57. The fraction of sp³-hybridized carbons (Fsp3) is 0.280. The molecule has 0 aliphatic carbocycles. The molecule has 0 aliphatic heterocycles. The van der Waals surface area contributed by atoms with Crippen LogP contribution >= 0.6 is 0 Å². The van der Waals surface area contributed by atoms with Crippen LogP contribution in [0, 0.1) is 11.8 Å². The monoisotopic (exact) mass is 326 g/mol. The molecule has 0 spiro atoms. The summed E-state index contributed by atoms with van der Waals surface area (Å²) in [6.45, 7) is 4.45. The van der Waals surface area contributed by atoms with Gasteiger partial charge < -0.3 is 0 Å². The molecule has 0 heterocycles. The fourth-order valence-corrected chi connectivity index (χ4v) is 3.10. The molecule has 0 heteroatoms. The average molecular weight is 326 g/mol. The summed E-state index contributed by atoms with van der Waals surface area (Å²) in [5.41, 5.74) is 4.97. The summed E-state index contributed by atoms with van der Waals surface area (Å²) in [7, 11) is 0. The lowest BCUT2D eigenvalue weighted by molar-refractivity contribution is 0.795. The lowest BCUT2D eigenvalue weighted by Crippen LogP contribution is -1.85. The molecule has 0 aromatic heterocycles. The Morgan fingerprint density at radius 2 is 1.24 bits per heavy atom. The fourth-order valence-electron chi connectivity index (χ4n) is 3.10. The molecule has 3 aromatic carbocycles. The van der Waals surface area contributed by atoms with E-state index in [1.165, 1.54) is 41.2 Å². The van der Waals surface area contributed by atoms with Crippen molar-refractivity contribution in [1.29, 1.82) is 0 Å². The van der Waals surface area contributed by atoms with Crippen LogP contribution in [0.3, 0.4) is 0 Å². The Morgan fingerprint density at radius 3 is 2.00 bits per heavy atom. The largest absolute Gasteiger partial charge is 0.0654 e. The van der Waals surface area contributed by atoms with Crippen molar-refractivity contribution in [2.75, 3.05) is 0 Å². The summed E-state index contributed by atoms with van der Waals surface area (Å²) < 4.78 is 0. The molecule has 0 saturated heterocycles. The summed E-state index contributed by atoms with van der Waals surface area (Å²) in [4.78, 5) is 0. The average Bonchev–Trinajstić information content (AvgIpc) is 2.65. The van der Waals surface area contributed by atoms with Gasteiger partial charge in [-0.05, 0) is 65.4 Å². The van der Waals surface area contributed by atoms with Crippen LogP contribution in [0.1, 0.15) is 55.4 Å². The Morgan fingerprint density at radius 1 is 0.600 bits per heavy atom. The van der Waals surface area contributed by atoms with Crippen LogP contribution in [0.4, 0.5) is 0 Å².